The van der Waals surface area contributed by atoms with Crippen LogP contribution in [0.2, 0.25) is 0 Å². The van der Waals surface area contributed by atoms with E-state index in [1.165, 1.54) is 20.3 Å². The van der Waals surface area contributed by atoms with Crippen LogP contribution in [0.1, 0.15) is 20.7 Å². The van der Waals surface area contributed by atoms with Gasteiger partial charge in [0.2, 0.25) is 0 Å². The zero-order valence-corrected chi connectivity index (χ0v) is 14.3. The summed E-state index contributed by atoms with van der Waals surface area (Å²) in [5, 5.41) is 4.38. The first-order valence-corrected chi connectivity index (χ1v) is 7.91. The molecule has 1 aromatic carbocycles. The normalized spacial score (nSPS) is 10.0. The molecular weight excluding hydrogens is 348 g/mol. The topological polar surface area (TPSA) is 117 Å². The van der Waals surface area contributed by atoms with E-state index in [2.05, 4.69) is 5.32 Å². The molecule has 2 rings (SSSR count). The molecule has 2 aromatic rings. The second-order valence-corrected chi connectivity index (χ2v) is 5.61. The minimum Gasteiger partial charge on any atom is -0.496 e. The number of carbonyl (C=O) groups is 3. The number of hydrogen-bond acceptors (Lipinski definition) is 7. The van der Waals surface area contributed by atoms with E-state index in [4.69, 9.17) is 19.9 Å². The van der Waals surface area contributed by atoms with Gasteiger partial charge in [-0.25, -0.2) is 4.79 Å². The summed E-state index contributed by atoms with van der Waals surface area (Å²) in [5.41, 5.74) is 5.47. The number of thiophene rings is 1. The first-order chi connectivity index (χ1) is 12.0. The summed E-state index contributed by atoms with van der Waals surface area (Å²) in [5.74, 6) is -1.51. The number of rotatable bonds is 7. The van der Waals surface area contributed by atoms with E-state index in [9.17, 15) is 14.4 Å². The fraction of sp³-hybridized carbons (Fsp3) is 0.188. The molecule has 0 fully saturated rings. The van der Waals surface area contributed by atoms with Crippen molar-refractivity contribution in [3.63, 3.8) is 0 Å². The Hall–Kier alpha value is -3.07. The molecule has 0 saturated heterocycles. The fourth-order valence-electron chi connectivity index (χ4n) is 2.02. The lowest BCUT2D eigenvalue weighted by molar-refractivity contribution is -0.119. The van der Waals surface area contributed by atoms with Gasteiger partial charge in [0.25, 0.3) is 11.8 Å². The average molecular weight is 364 g/mol. The highest BCUT2D eigenvalue weighted by Crippen LogP contribution is 2.29. The third-order valence-corrected chi connectivity index (χ3v) is 3.98. The summed E-state index contributed by atoms with van der Waals surface area (Å²) in [6.45, 7) is -0.545. The van der Waals surface area contributed by atoms with Crippen molar-refractivity contribution in [1.29, 1.82) is 0 Å². The van der Waals surface area contributed by atoms with Crippen molar-refractivity contribution >= 4 is 34.1 Å². The molecule has 0 atom stereocenters. The Morgan fingerprint density at radius 1 is 1.12 bits per heavy atom. The Balaban J connectivity index is 2.04. The van der Waals surface area contributed by atoms with Gasteiger partial charge in [0.05, 0.1) is 19.8 Å². The summed E-state index contributed by atoms with van der Waals surface area (Å²) in [7, 11) is 2.81. The second kappa shape index (κ2) is 8.15. The van der Waals surface area contributed by atoms with Gasteiger partial charge in [0.1, 0.15) is 22.1 Å². The highest BCUT2D eigenvalue weighted by Gasteiger charge is 2.21. The van der Waals surface area contributed by atoms with Crippen molar-refractivity contribution in [2.75, 3.05) is 26.1 Å². The fourth-order valence-corrected chi connectivity index (χ4v) is 2.83. The molecule has 0 spiro atoms. The molecule has 25 heavy (non-hydrogen) atoms. The highest BCUT2D eigenvalue weighted by molar-refractivity contribution is 7.14. The molecule has 0 radical (unpaired) electrons. The number of esters is 1. The Labute approximate surface area is 147 Å². The second-order valence-electron chi connectivity index (χ2n) is 4.69. The van der Waals surface area contributed by atoms with Gasteiger partial charge < -0.3 is 25.3 Å². The van der Waals surface area contributed by atoms with Gasteiger partial charge in [0, 0.05) is 0 Å². The number of carbonyl (C=O) groups excluding carboxylic acids is 3. The molecule has 3 N–H and O–H groups in total. The Morgan fingerprint density at radius 2 is 1.76 bits per heavy atom. The molecule has 1 aromatic heterocycles. The molecular formula is C16H16N2O6S. The number of hydrogen-bond donors (Lipinski definition) is 2. The zero-order chi connectivity index (χ0) is 18.4. The molecule has 0 aliphatic heterocycles. The van der Waals surface area contributed by atoms with Crippen LogP contribution in [0, 0.1) is 0 Å². The van der Waals surface area contributed by atoms with Crippen molar-refractivity contribution in [2.24, 2.45) is 5.73 Å². The smallest absolute Gasteiger partial charge is 0.346 e. The van der Waals surface area contributed by atoms with E-state index in [1.54, 1.807) is 23.6 Å². The van der Waals surface area contributed by atoms with Crippen LogP contribution in [0.3, 0.4) is 0 Å². The van der Waals surface area contributed by atoms with Gasteiger partial charge in [-0.2, -0.15) is 0 Å². The SMILES string of the molecule is COc1cccc(OC)c1C(=O)OCC(=O)Nc1sccc1C(N)=O. The first-order valence-electron chi connectivity index (χ1n) is 7.03. The van der Waals surface area contributed by atoms with E-state index in [0.29, 0.717) is 5.00 Å². The van der Waals surface area contributed by atoms with Crippen LogP contribution in [-0.2, 0) is 9.53 Å². The van der Waals surface area contributed by atoms with Gasteiger partial charge in [-0.15, -0.1) is 11.3 Å². The van der Waals surface area contributed by atoms with E-state index >= 15 is 0 Å². The van der Waals surface area contributed by atoms with Crippen LogP contribution >= 0.6 is 11.3 Å². The maximum absolute atomic E-state index is 12.3. The molecule has 0 bridgehead atoms. The monoisotopic (exact) mass is 364 g/mol. The van der Waals surface area contributed by atoms with E-state index in [-0.39, 0.29) is 22.6 Å². The van der Waals surface area contributed by atoms with Crippen LogP contribution < -0.4 is 20.5 Å². The Kier molecular flexibility index (Phi) is 5.96. The molecule has 2 amide bonds. The zero-order valence-electron chi connectivity index (χ0n) is 13.5. The number of ether oxygens (including phenoxy) is 3. The number of methoxy groups -OCH3 is 2. The predicted molar refractivity (Wildman–Crippen MR) is 91.3 cm³/mol. The van der Waals surface area contributed by atoms with Crippen molar-refractivity contribution < 1.29 is 28.6 Å². The lowest BCUT2D eigenvalue weighted by Crippen LogP contribution is -2.22. The molecule has 0 aliphatic carbocycles. The van der Waals surface area contributed by atoms with Crippen molar-refractivity contribution in [3.05, 3.63) is 40.8 Å². The molecule has 0 saturated carbocycles. The van der Waals surface area contributed by atoms with Gasteiger partial charge in [0.15, 0.2) is 6.61 Å². The maximum Gasteiger partial charge on any atom is 0.346 e. The summed E-state index contributed by atoms with van der Waals surface area (Å²) in [6, 6.07) is 6.30. The van der Waals surface area contributed by atoms with Crippen molar-refractivity contribution in [3.8, 4) is 11.5 Å². The number of benzene rings is 1. The quantitative estimate of drug-likeness (QED) is 0.722. The summed E-state index contributed by atoms with van der Waals surface area (Å²) < 4.78 is 15.2. The van der Waals surface area contributed by atoms with Gasteiger partial charge >= 0.3 is 5.97 Å². The predicted octanol–water partition coefficient (Wildman–Crippen LogP) is 1.66. The molecule has 8 nitrogen and oxygen atoms in total. The largest absolute Gasteiger partial charge is 0.496 e. The summed E-state index contributed by atoms with van der Waals surface area (Å²) in [4.78, 5) is 35.4. The van der Waals surface area contributed by atoms with E-state index < -0.39 is 24.4 Å². The third kappa shape index (κ3) is 4.27. The maximum atomic E-state index is 12.3. The minimum absolute atomic E-state index is 0.0780. The molecule has 0 unspecified atom stereocenters. The third-order valence-electron chi connectivity index (χ3n) is 3.15. The van der Waals surface area contributed by atoms with E-state index in [1.807, 2.05) is 0 Å². The van der Waals surface area contributed by atoms with Crippen molar-refractivity contribution in [1.82, 2.24) is 0 Å². The van der Waals surface area contributed by atoms with E-state index in [0.717, 1.165) is 11.3 Å². The lowest BCUT2D eigenvalue weighted by atomic mass is 10.2. The van der Waals surface area contributed by atoms with Crippen molar-refractivity contribution in [2.45, 2.75) is 0 Å². The number of primary amides is 1. The molecule has 9 heteroatoms. The number of nitrogens with two attached hydrogens (primary N) is 1. The Bertz CT molecular complexity index is 779. The molecule has 1 heterocycles. The minimum atomic E-state index is -0.772. The summed E-state index contributed by atoms with van der Waals surface area (Å²) in [6.07, 6.45) is 0. The van der Waals surface area contributed by atoms with Gasteiger partial charge in [-0.1, -0.05) is 6.07 Å². The Morgan fingerprint density at radius 3 is 2.32 bits per heavy atom. The van der Waals surface area contributed by atoms with Crippen LogP contribution in [-0.4, -0.2) is 38.6 Å². The van der Waals surface area contributed by atoms with Crippen LogP contribution in [0.15, 0.2) is 29.6 Å². The molecule has 0 aliphatic rings. The number of nitrogens with one attached hydrogen (secondary N) is 1. The highest BCUT2D eigenvalue weighted by atomic mass is 32.1. The molecule has 132 valence electrons. The lowest BCUT2D eigenvalue weighted by Gasteiger charge is -2.12. The number of amides is 2. The van der Waals surface area contributed by atoms with Gasteiger partial charge in [-0.3, -0.25) is 9.59 Å². The van der Waals surface area contributed by atoms with Crippen LogP contribution in [0.25, 0.3) is 0 Å². The standard InChI is InChI=1S/C16H16N2O6S/c1-22-10-4-3-5-11(23-2)13(10)16(21)24-8-12(19)18-15-9(14(17)20)6-7-25-15/h3-7H,8H2,1-2H3,(H2,17,20)(H,18,19). The summed E-state index contributed by atoms with van der Waals surface area (Å²) >= 11 is 1.14. The van der Waals surface area contributed by atoms with Crippen LogP contribution in [0.4, 0.5) is 5.00 Å². The average Bonchev–Trinajstić information content (AvgIpc) is 3.07. The first kappa shape index (κ1) is 18.3. The number of anilines is 1. The van der Waals surface area contributed by atoms with Crippen LogP contribution in [0.5, 0.6) is 11.5 Å². The van der Waals surface area contributed by atoms with Gasteiger partial charge in [-0.05, 0) is 23.6 Å².